The second-order valence-corrected chi connectivity index (χ2v) is 5.65. The van der Waals surface area contributed by atoms with E-state index in [1.165, 1.54) is 0 Å². The fourth-order valence-corrected chi connectivity index (χ4v) is 2.97. The van der Waals surface area contributed by atoms with Gasteiger partial charge in [-0.1, -0.05) is 30.3 Å². The van der Waals surface area contributed by atoms with Crippen LogP contribution in [0.4, 0.5) is 0 Å². The molecule has 1 unspecified atom stereocenters. The van der Waals surface area contributed by atoms with Crippen molar-refractivity contribution in [3.63, 3.8) is 0 Å². The summed E-state index contributed by atoms with van der Waals surface area (Å²) in [5.74, 6) is 1.13. The quantitative estimate of drug-likeness (QED) is 0.582. The number of hydrogen-bond acceptors (Lipinski definition) is 3. The van der Waals surface area contributed by atoms with Crippen molar-refractivity contribution >= 4 is 19.4 Å². The van der Waals surface area contributed by atoms with Crippen molar-refractivity contribution in [3.8, 4) is 11.5 Å². The Kier molecular flexibility index (Phi) is 6.98. The molecule has 0 heterocycles. The van der Waals surface area contributed by atoms with E-state index in [4.69, 9.17) is 9.47 Å². The molecule has 0 bridgehead atoms. The van der Waals surface area contributed by atoms with Gasteiger partial charge in [-0.25, -0.2) is 0 Å². The smallest absolute Gasteiger partial charge is 0.496 e. The molecule has 2 aromatic carbocycles. The van der Waals surface area contributed by atoms with Crippen LogP contribution in [-0.2, 0) is 0 Å². The zero-order chi connectivity index (χ0) is 14.5. The summed E-state index contributed by atoms with van der Waals surface area (Å²) in [7, 11) is 3.18. The Bertz CT molecular complexity index is 589. The molecule has 2 aromatic rings. The van der Waals surface area contributed by atoms with Gasteiger partial charge in [0.25, 0.3) is 0 Å². The van der Waals surface area contributed by atoms with Gasteiger partial charge in [-0.3, -0.25) is 4.79 Å². The Morgan fingerprint density at radius 2 is 1.52 bits per heavy atom. The molecule has 0 aliphatic rings. The first-order chi connectivity index (χ1) is 9.65. The fraction of sp³-hybridized carbons (Fsp3) is 0.188. The fourth-order valence-electron chi connectivity index (χ4n) is 1.98. The van der Waals surface area contributed by atoms with Crippen LogP contribution in [0.5, 0.6) is 11.5 Å². The summed E-state index contributed by atoms with van der Waals surface area (Å²) < 4.78 is 10.7. The maximum atomic E-state index is 12.5. The zero-order valence-corrected chi connectivity index (χ0v) is 13.8. The van der Waals surface area contributed by atoms with Crippen molar-refractivity contribution in [2.24, 2.45) is 0 Å². The van der Waals surface area contributed by atoms with E-state index in [0.29, 0.717) is 17.1 Å². The molecule has 0 aliphatic carbocycles. The predicted molar refractivity (Wildman–Crippen MR) is 83.0 cm³/mol. The van der Waals surface area contributed by atoms with Gasteiger partial charge >= 0.3 is 18.9 Å². The molecule has 1 atom stereocenters. The average Bonchev–Trinajstić information content (AvgIpc) is 2.46. The summed E-state index contributed by atoms with van der Waals surface area (Å²) in [5, 5.41) is 1.00. The van der Waals surface area contributed by atoms with Gasteiger partial charge in [0.05, 0.1) is 14.2 Å². The molecule has 3 nitrogen and oxygen atoms in total. The molecule has 0 aliphatic heterocycles. The van der Waals surface area contributed by atoms with E-state index in [1.807, 2.05) is 49.4 Å². The van der Waals surface area contributed by atoms with Crippen molar-refractivity contribution < 1.29 is 33.1 Å². The molecule has 0 aromatic heterocycles. The third-order valence-electron chi connectivity index (χ3n) is 2.91. The molecule has 0 saturated carbocycles. The molecule has 2 rings (SSSR count). The van der Waals surface area contributed by atoms with Crippen molar-refractivity contribution in [2.45, 2.75) is 6.92 Å². The van der Waals surface area contributed by atoms with Gasteiger partial charge in [-0.05, 0) is 38.5 Å². The second-order valence-electron chi connectivity index (χ2n) is 4.36. The van der Waals surface area contributed by atoms with Crippen LogP contribution in [0.2, 0.25) is 0 Å². The van der Waals surface area contributed by atoms with E-state index < -0.39 is 0 Å². The van der Waals surface area contributed by atoms with Crippen LogP contribution in [0, 0.1) is 6.92 Å². The minimum absolute atomic E-state index is 0. The topological polar surface area (TPSA) is 35.5 Å². The molecule has 5 heteroatoms. The number of carbonyl (C=O) groups is 1. The van der Waals surface area contributed by atoms with Crippen molar-refractivity contribution in [2.75, 3.05) is 14.2 Å². The summed E-state index contributed by atoms with van der Waals surface area (Å²) in [6, 6.07) is 13.4. The van der Waals surface area contributed by atoms with Crippen LogP contribution in [0.25, 0.3) is 0 Å². The Balaban J connectivity index is 0.00000220. The number of ether oxygens (including phenoxy) is 2. The zero-order valence-electron chi connectivity index (χ0n) is 12.8. The summed E-state index contributed by atoms with van der Waals surface area (Å²) in [4.78, 5) is 12.5. The van der Waals surface area contributed by atoms with Crippen molar-refractivity contribution in [1.29, 1.82) is 0 Å². The number of benzene rings is 2. The Morgan fingerprint density at radius 1 is 1.00 bits per heavy atom. The molecule has 0 amide bonds. The van der Waals surface area contributed by atoms with Gasteiger partial charge in [-0.15, -0.1) is 0 Å². The number of methoxy groups -OCH3 is 2. The Hall–Kier alpha value is -1.26. The Labute approximate surface area is 139 Å². The van der Waals surface area contributed by atoms with Crippen LogP contribution in [0.3, 0.4) is 0 Å². The second kappa shape index (κ2) is 8.25. The maximum Gasteiger partial charge on any atom is 1.00 e. The summed E-state index contributed by atoms with van der Waals surface area (Å²) in [5.41, 5.74) is 1.53. The van der Waals surface area contributed by atoms with Crippen LogP contribution in [0.15, 0.2) is 42.5 Å². The monoisotopic (exact) mass is 295 g/mol. The number of rotatable bonds is 5. The van der Waals surface area contributed by atoms with E-state index in [0.717, 1.165) is 10.9 Å². The van der Waals surface area contributed by atoms with E-state index >= 15 is 0 Å². The minimum Gasteiger partial charge on any atom is -0.496 e. The molecule has 0 N–H and O–H groups in total. The normalized spacial score (nSPS) is 10.2. The summed E-state index contributed by atoms with van der Waals surface area (Å²) in [6.45, 7) is 1.94. The predicted octanol–water partition coefficient (Wildman–Crippen LogP) is 0.160. The molecular formula is C16H17LiO3P+. The first-order valence-electron chi connectivity index (χ1n) is 6.24. The van der Waals surface area contributed by atoms with E-state index in [9.17, 15) is 4.79 Å². The van der Waals surface area contributed by atoms with E-state index in [1.54, 1.807) is 14.2 Å². The van der Waals surface area contributed by atoms with Crippen molar-refractivity contribution in [1.82, 2.24) is 0 Å². The Morgan fingerprint density at radius 3 is 2.00 bits per heavy atom. The van der Waals surface area contributed by atoms with Gasteiger partial charge < -0.3 is 9.47 Å². The summed E-state index contributed by atoms with van der Waals surface area (Å²) in [6.07, 6.45) is 0. The van der Waals surface area contributed by atoms with Gasteiger partial charge in [0.15, 0.2) is 5.52 Å². The molecular weight excluding hydrogens is 278 g/mol. The first-order valence-corrected chi connectivity index (χ1v) is 7.24. The van der Waals surface area contributed by atoms with Gasteiger partial charge in [0.2, 0.25) is 0 Å². The molecule has 0 radical (unpaired) electrons. The molecule has 21 heavy (non-hydrogen) atoms. The molecule has 0 saturated heterocycles. The SMILES string of the molecule is COc1cc(C)cc(OC)c1C(=O)Pc1ccccc1.[Li+]. The van der Waals surface area contributed by atoms with Crippen molar-refractivity contribution in [3.05, 3.63) is 53.6 Å². The number of hydrogen-bond donors (Lipinski definition) is 0. The number of carbonyl (C=O) groups excluding carboxylic acids is 1. The van der Waals surface area contributed by atoms with Gasteiger partial charge in [0.1, 0.15) is 17.1 Å². The van der Waals surface area contributed by atoms with Crippen LogP contribution in [0.1, 0.15) is 15.9 Å². The standard InChI is InChI=1S/C16H17O3P.Li/c1-11-9-13(18-2)15(14(10-11)19-3)16(17)20-12-7-5-4-6-8-12;/h4-10,20H,1-3H3;/q;+1. The third-order valence-corrected chi connectivity index (χ3v) is 4.01. The minimum atomic E-state index is 0. The molecule has 0 fully saturated rings. The van der Waals surface area contributed by atoms with Crippen LogP contribution >= 0.6 is 8.58 Å². The average molecular weight is 295 g/mol. The van der Waals surface area contributed by atoms with E-state index in [-0.39, 0.29) is 33.0 Å². The third kappa shape index (κ3) is 4.35. The maximum absolute atomic E-state index is 12.5. The van der Waals surface area contributed by atoms with Gasteiger partial charge in [-0.2, -0.15) is 0 Å². The van der Waals surface area contributed by atoms with Crippen LogP contribution < -0.4 is 33.6 Å². The first kappa shape index (κ1) is 17.8. The van der Waals surface area contributed by atoms with Crippen LogP contribution in [-0.4, -0.2) is 19.7 Å². The van der Waals surface area contributed by atoms with E-state index in [2.05, 4.69) is 0 Å². The summed E-state index contributed by atoms with van der Waals surface area (Å²) >= 11 is 0. The molecule has 104 valence electrons. The van der Waals surface area contributed by atoms with Gasteiger partial charge in [0, 0.05) is 0 Å². The largest absolute Gasteiger partial charge is 1.00 e. The number of aryl methyl sites for hydroxylation is 1. The molecule has 0 spiro atoms.